The summed E-state index contributed by atoms with van der Waals surface area (Å²) >= 11 is 0. The standard InChI is InChI=1S/C14H17NO2Si/c1-18(2)17-14-6-4-3-5-13(14)10-15-9-12-7-8-16-11-12/h3-9,11,18H,10H2,1-2H3. The molecule has 18 heavy (non-hydrogen) atoms. The van der Waals surface area contributed by atoms with Gasteiger partial charge in [0.25, 0.3) is 0 Å². The largest absolute Gasteiger partial charge is 0.547 e. The molecule has 0 aliphatic rings. The Kier molecular flexibility index (Phi) is 4.36. The minimum Gasteiger partial charge on any atom is -0.547 e. The summed E-state index contributed by atoms with van der Waals surface area (Å²) in [5.41, 5.74) is 2.10. The van der Waals surface area contributed by atoms with Gasteiger partial charge in [0.1, 0.15) is 5.75 Å². The van der Waals surface area contributed by atoms with Crippen molar-refractivity contribution in [3.8, 4) is 5.75 Å². The van der Waals surface area contributed by atoms with Crippen LogP contribution < -0.4 is 4.43 Å². The lowest BCUT2D eigenvalue weighted by atomic mass is 10.2. The summed E-state index contributed by atoms with van der Waals surface area (Å²) < 4.78 is 10.9. The number of benzene rings is 1. The number of para-hydroxylation sites is 1. The second-order valence-corrected chi connectivity index (χ2v) is 6.63. The van der Waals surface area contributed by atoms with Gasteiger partial charge in [0, 0.05) is 17.3 Å². The minimum atomic E-state index is -1.08. The smallest absolute Gasteiger partial charge is 0.229 e. The second-order valence-electron chi connectivity index (χ2n) is 4.30. The molecule has 0 radical (unpaired) electrons. The highest BCUT2D eigenvalue weighted by Crippen LogP contribution is 2.19. The number of rotatable bonds is 5. The maximum absolute atomic E-state index is 5.88. The summed E-state index contributed by atoms with van der Waals surface area (Å²) in [6.07, 6.45) is 5.13. The van der Waals surface area contributed by atoms with Crippen molar-refractivity contribution in [1.29, 1.82) is 0 Å². The highest BCUT2D eigenvalue weighted by Gasteiger charge is 2.04. The molecule has 0 bridgehead atoms. The Bertz CT molecular complexity index is 506. The zero-order valence-electron chi connectivity index (χ0n) is 10.7. The van der Waals surface area contributed by atoms with Gasteiger partial charge in [-0.1, -0.05) is 18.2 Å². The van der Waals surface area contributed by atoms with Crippen LogP contribution in [-0.4, -0.2) is 15.3 Å². The number of furan rings is 1. The number of nitrogens with zero attached hydrogens (tertiary/aromatic N) is 1. The van der Waals surface area contributed by atoms with E-state index in [-0.39, 0.29) is 0 Å². The third-order valence-corrected chi connectivity index (χ3v) is 3.11. The van der Waals surface area contributed by atoms with Crippen LogP contribution in [0.4, 0.5) is 0 Å². The van der Waals surface area contributed by atoms with Crippen LogP contribution in [0, 0.1) is 0 Å². The van der Waals surface area contributed by atoms with Gasteiger partial charge in [-0.05, 0) is 25.2 Å². The maximum Gasteiger partial charge on any atom is 0.229 e. The minimum absolute atomic E-state index is 0.627. The van der Waals surface area contributed by atoms with Gasteiger partial charge >= 0.3 is 0 Å². The van der Waals surface area contributed by atoms with E-state index in [1.807, 2.05) is 30.5 Å². The lowest BCUT2D eigenvalue weighted by Crippen LogP contribution is -2.12. The Balaban J connectivity index is 2.04. The van der Waals surface area contributed by atoms with Crippen molar-refractivity contribution in [2.75, 3.05) is 0 Å². The molecule has 0 saturated carbocycles. The molecule has 4 heteroatoms. The van der Waals surface area contributed by atoms with Gasteiger partial charge < -0.3 is 8.84 Å². The van der Waals surface area contributed by atoms with Crippen molar-refractivity contribution in [3.05, 3.63) is 54.0 Å². The van der Waals surface area contributed by atoms with E-state index >= 15 is 0 Å². The summed E-state index contributed by atoms with van der Waals surface area (Å²) in [4.78, 5) is 4.40. The third-order valence-electron chi connectivity index (χ3n) is 2.38. The fourth-order valence-corrected chi connectivity index (χ4v) is 2.34. The van der Waals surface area contributed by atoms with E-state index in [1.165, 1.54) is 0 Å². The number of hydrogen-bond acceptors (Lipinski definition) is 3. The van der Waals surface area contributed by atoms with E-state index in [4.69, 9.17) is 8.84 Å². The molecule has 0 N–H and O–H groups in total. The van der Waals surface area contributed by atoms with Crippen LogP contribution in [0.2, 0.25) is 13.1 Å². The van der Waals surface area contributed by atoms with Crippen LogP contribution in [-0.2, 0) is 6.54 Å². The first-order chi connectivity index (χ1) is 8.75. The van der Waals surface area contributed by atoms with Crippen LogP contribution in [0.3, 0.4) is 0 Å². The van der Waals surface area contributed by atoms with Gasteiger partial charge in [-0.2, -0.15) is 0 Å². The molecule has 0 atom stereocenters. The molecule has 0 amide bonds. The van der Waals surface area contributed by atoms with Crippen molar-refractivity contribution in [2.24, 2.45) is 4.99 Å². The molecule has 94 valence electrons. The summed E-state index contributed by atoms with van der Waals surface area (Å²) in [5.74, 6) is 0.962. The van der Waals surface area contributed by atoms with Crippen molar-refractivity contribution < 1.29 is 8.84 Å². The van der Waals surface area contributed by atoms with E-state index in [1.54, 1.807) is 12.5 Å². The molecule has 1 aromatic heterocycles. The first kappa shape index (κ1) is 12.6. The van der Waals surface area contributed by atoms with Crippen molar-refractivity contribution in [3.63, 3.8) is 0 Å². The number of aliphatic imine (C=N–C) groups is 1. The van der Waals surface area contributed by atoms with Gasteiger partial charge in [0.15, 0.2) is 0 Å². The summed E-state index contributed by atoms with van der Waals surface area (Å²) in [5, 5.41) is 0. The first-order valence-corrected chi connectivity index (χ1v) is 8.80. The Morgan fingerprint density at radius 1 is 1.28 bits per heavy atom. The SMILES string of the molecule is C[SiH](C)Oc1ccccc1CN=Cc1ccoc1. The van der Waals surface area contributed by atoms with Gasteiger partial charge in [0.05, 0.1) is 19.1 Å². The van der Waals surface area contributed by atoms with Crippen LogP contribution in [0.15, 0.2) is 52.3 Å². The van der Waals surface area contributed by atoms with Crippen LogP contribution in [0.5, 0.6) is 5.75 Å². The van der Waals surface area contributed by atoms with Gasteiger partial charge in [-0.3, -0.25) is 4.99 Å². The van der Waals surface area contributed by atoms with Crippen LogP contribution in [0.25, 0.3) is 0 Å². The maximum atomic E-state index is 5.88. The predicted molar refractivity (Wildman–Crippen MR) is 76.0 cm³/mol. The predicted octanol–water partition coefficient (Wildman–Crippen LogP) is 3.26. The third kappa shape index (κ3) is 3.60. The molecule has 1 aromatic carbocycles. The summed E-state index contributed by atoms with van der Waals surface area (Å²) in [6.45, 7) is 4.94. The van der Waals surface area contributed by atoms with E-state index < -0.39 is 9.04 Å². The van der Waals surface area contributed by atoms with E-state index in [0.717, 1.165) is 16.9 Å². The second kappa shape index (κ2) is 6.21. The summed E-state index contributed by atoms with van der Waals surface area (Å²) in [6, 6.07) is 9.95. The fourth-order valence-electron chi connectivity index (χ4n) is 1.60. The lowest BCUT2D eigenvalue weighted by Gasteiger charge is -2.12. The molecule has 0 fully saturated rings. The van der Waals surface area contributed by atoms with Crippen molar-refractivity contribution in [1.82, 2.24) is 0 Å². The zero-order valence-corrected chi connectivity index (χ0v) is 11.8. The van der Waals surface area contributed by atoms with E-state index in [2.05, 4.69) is 24.2 Å². The highest BCUT2D eigenvalue weighted by molar-refractivity contribution is 6.49. The molecule has 0 unspecified atom stereocenters. The summed E-state index contributed by atoms with van der Waals surface area (Å²) in [7, 11) is -1.08. The molecule has 2 rings (SSSR count). The first-order valence-electron chi connectivity index (χ1n) is 6.02. The quantitative estimate of drug-likeness (QED) is 0.610. The molecule has 0 aliphatic heterocycles. The van der Waals surface area contributed by atoms with E-state index in [9.17, 15) is 0 Å². The molecular formula is C14H17NO2Si. The Morgan fingerprint density at radius 3 is 2.83 bits per heavy atom. The average Bonchev–Trinajstić information content (AvgIpc) is 2.84. The highest BCUT2D eigenvalue weighted by atomic mass is 28.3. The van der Waals surface area contributed by atoms with E-state index in [0.29, 0.717) is 6.54 Å². The Morgan fingerprint density at radius 2 is 2.11 bits per heavy atom. The van der Waals surface area contributed by atoms with Gasteiger partial charge in [-0.15, -0.1) is 0 Å². The average molecular weight is 259 g/mol. The fraction of sp³-hybridized carbons (Fsp3) is 0.214. The van der Waals surface area contributed by atoms with Gasteiger partial charge in [0.2, 0.25) is 9.04 Å². The monoisotopic (exact) mass is 259 g/mol. The molecule has 0 saturated heterocycles. The molecule has 2 aromatic rings. The Labute approximate surface area is 109 Å². The van der Waals surface area contributed by atoms with Crippen LogP contribution in [0.1, 0.15) is 11.1 Å². The Hall–Kier alpha value is -1.81. The topological polar surface area (TPSA) is 34.7 Å². The van der Waals surface area contributed by atoms with Crippen LogP contribution >= 0.6 is 0 Å². The zero-order chi connectivity index (χ0) is 12.8. The van der Waals surface area contributed by atoms with Crippen molar-refractivity contribution in [2.45, 2.75) is 19.6 Å². The number of hydrogen-bond donors (Lipinski definition) is 0. The normalized spacial score (nSPS) is 11.3. The molecule has 0 aliphatic carbocycles. The molecule has 1 heterocycles. The van der Waals surface area contributed by atoms with Gasteiger partial charge in [-0.25, -0.2) is 0 Å². The van der Waals surface area contributed by atoms with Crippen molar-refractivity contribution >= 4 is 15.3 Å². The lowest BCUT2D eigenvalue weighted by molar-refractivity contribution is 0.567. The molecule has 3 nitrogen and oxygen atoms in total. The molecule has 0 spiro atoms. The molecular weight excluding hydrogens is 242 g/mol.